The van der Waals surface area contributed by atoms with Gasteiger partial charge in [0.05, 0.1) is 34.0 Å². The van der Waals surface area contributed by atoms with E-state index >= 15 is 0 Å². The summed E-state index contributed by atoms with van der Waals surface area (Å²) in [5.74, 6) is 0.576. The molecule has 0 saturated carbocycles. The molecule has 0 radical (unpaired) electrons. The lowest BCUT2D eigenvalue weighted by atomic mass is 9.99. The van der Waals surface area contributed by atoms with E-state index in [1.54, 1.807) is 0 Å². The summed E-state index contributed by atoms with van der Waals surface area (Å²) in [5, 5.41) is 12.1. The fourth-order valence-corrected chi connectivity index (χ4v) is 10.6. The Balaban J connectivity index is 0.970. The van der Waals surface area contributed by atoms with Gasteiger partial charge in [-0.05, 0) is 119 Å². The van der Waals surface area contributed by atoms with Gasteiger partial charge in [-0.3, -0.25) is 4.57 Å². The van der Waals surface area contributed by atoms with Gasteiger partial charge in [-0.1, -0.05) is 146 Å². The minimum Gasteiger partial charge on any atom is -0.311 e. The minimum absolute atomic E-state index is 0.576. The number of benzene rings is 10. The molecule has 0 spiro atoms. The van der Waals surface area contributed by atoms with E-state index in [2.05, 4.69) is 238 Å². The van der Waals surface area contributed by atoms with E-state index in [0.29, 0.717) is 5.95 Å². The van der Waals surface area contributed by atoms with Gasteiger partial charge in [0.2, 0.25) is 5.95 Å². The first-order valence-corrected chi connectivity index (χ1v) is 23.6. The smallest absolute Gasteiger partial charge is 0.235 e. The van der Waals surface area contributed by atoms with Crippen LogP contribution in [-0.2, 0) is 0 Å². The third kappa shape index (κ3) is 6.33. The van der Waals surface area contributed by atoms with Crippen molar-refractivity contribution in [3.8, 4) is 39.7 Å². The highest BCUT2D eigenvalue weighted by Gasteiger charge is 2.23. The normalized spacial score (nSPS) is 11.7. The Hall–Kier alpha value is -9.59. The van der Waals surface area contributed by atoms with Gasteiger partial charge in [0.15, 0.2) is 0 Å². The first-order chi connectivity index (χ1) is 34.7. The van der Waals surface area contributed by atoms with Gasteiger partial charge >= 0.3 is 0 Å². The maximum atomic E-state index is 5.59. The lowest BCUT2D eigenvalue weighted by Gasteiger charge is -2.25. The number of rotatable bonds is 8. The molecule has 0 unspecified atom stereocenters. The van der Waals surface area contributed by atoms with Crippen molar-refractivity contribution in [2.75, 3.05) is 4.90 Å². The summed E-state index contributed by atoms with van der Waals surface area (Å²) in [6.07, 6.45) is 1.87. The Morgan fingerprint density at radius 2 is 0.886 bits per heavy atom. The van der Waals surface area contributed by atoms with Crippen molar-refractivity contribution in [2.24, 2.45) is 0 Å². The molecule has 0 amide bonds. The second-order valence-corrected chi connectivity index (χ2v) is 17.7. The molecule has 0 aliphatic carbocycles. The largest absolute Gasteiger partial charge is 0.311 e. The van der Waals surface area contributed by atoms with Gasteiger partial charge in [0.25, 0.3) is 0 Å². The Morgan fingerprint density at radius 3 is 1.59 bits per heavy atom. The molecule has 0 N–H and O–H groups in total. The summed E-state index contributed by atoms with van der Waals surface area (Å²) in [7, 11) is 0. The summed E-state index contributed by atoms with van der Waals surface area (Å²) in [4.78, 5) is 13.2. The second-order valence-electron chi connectivity index (χ2n) is 17.7. The number of hydrogen-bond donors (Lipinski definition) is 0. The predicted octanol–water partition coefficient (Wildman–Crippen LogP) is 16.0. The van der Waals surface area contributed by atoms with Gasteiger partial charge in [-0.25, -0.2) is 14.6 Å². The van der Waals surface area contributed by atoms with E-state index in [1.165, 1.54) is 32.6 Å². The van der Waals surface area contributed by atoms with Crippen LogP contribution in [0.2, 0.25) is 0 Å². The molecule has 10 aromatic carbocycles. The van der Waals surface area contributed by atoms with Crippen LogP contribution in [0.3, 0.4) is 0 Å². The van der Waals surface area contributed by atoms with Crippen LogP contribution in [0, 0.1) is 0 Å². The molecule has 14 aromatic rings. The third-order valence-corrected chi connectivity index (χ3v) is 13.7. The van der Waals surface area contributed by atoms with Gasteiger partial charge in [0.1, 0.15) is 16.7 Å². The lowest BCUT2D eigenvalue weighted by molar-refractivity contribution is 0.908. The maximum absolute atomic E-state index is 5.59. The number of fused-ring (bicyclic) bond motifs is 9. The number of nitrogens with zero attached hydrogens (tertiary/aromatic N) is 7. The molecule has 0 atom stereocenters. The van der Waals surface area contributed by atoms with Gasteiger partial charge < -0.3 is 9.47 Å². The Labute approximate surface area is 403 Å². The highest BCUT2D eigenvalue weighted by atomic mass is 15.3. The molecular formula is C63H41N7. The molecule has 0 bridgehead atoms. The maximum Gasteiger partial charge on any atom is 0.235 e. The van der Waals surface area contributed by atoms with Gasteiger partial charge in [-0.2, -0.15) is 5.10 Å². The number of anilines is 3. The van der Waals surface area contributed by atoms with Crippen molar-refractivity contribution in [1.29, 1.82) is 0 Å². The van der Waals surface area contributed by atoms with E-state index in [0.717, 1.165) is 83.7 Å². The van der Waals surface area contributed by atoms with Crippen LogP contribution in [0.4, 0.5) is 17.1 Å². The summed E-state index contributed by atoms with van der Waals surface area (Å²) in [6, 6.07) is 86.0. The molecule has 328 valence electrons. The molecule has 70 heavy (non-hydrogen) atoms. The molecule has 4 aromatic heterocycles. The second kappa shape index (κ2) is 16.0. The molecule has 14 rings (SSSR count). The molecule has 0 aliphatic rings. The zero-order chi connectivity index (χ0) is 46.1. The van der Waals surface area contributed by atoms with Crippen molar-refractivity contribution in [3.05, 3.63) is 249 Å². The number of hydrogen-bond acceptors (Lipinski definition) is 4. The predicted molar refractivity (Wildman–Crippen MR) is 288 cm³/mol. The summed E-state index contributed by atoms with van der Waals surface area (Å²) in [6.45, 7) is 0. The van der Waals surface area contributed by atoms with Crippen molar-refractivity contribution in [1.82, 2.24) is 28.9 Å². The van der Waals surface area contributed by atoms with Crippen LogP contribution >= 0.6 is 0 Å². The Morgan fingerprint density at radius 1 is 0.357 bits per heavy atom. The monoisotopic (exact) mass is 895 g/mol. The molecule has 7 nitrogen and oxygen atoms in total. The standard InChI is InChI=1S/C63H41N7/c1-5-18-46(19-6-1)67(47-20-7-2-8-21-47)49-34-29-43(30-35-49)61-62-55(41-64-70(62)50-24-11-4-12-25-50)65-63(66-61)69-58-37-33-45(40-54(58)60-51-26-14-13-17-42(51)31-38-59(60)69)44-32-36-57-53(39-44)52-27-15-16-28-56(52)68(57)48-22-9-3-10-23-48/h1-41H. The fourth-order valence-electron chi connectivity index (χ4n) is 10.6. The first kappa shape index (κ1) is 39.6. The summed E-state index contributed by atoms with van der Waals surface area (Å²) < 4.78 is 6.56. The zero-order valence-corrected chi connectivity index (χ0v) is 37.8. The van der Waals surface area contributed by atoms with Crippen LogP contribution in [0.5, 0.6) is 0 Å². The van der Waals surface area contributed by atoms with E-state index in [-0.39, 0.29) is 0 Å². The van der Waals surface area contributed by atoms with Crippen LogP contribution in [0.15, 0.2) is 249 Å². The fraction of sp³-hybridized carbons (Fsp3) is 0. The third-order valence-electron chi connectivity index (χ3n) is 13.7. The first-order valence-electron chi connectivity index (χ1n) is 23.6. The Kier molecular flexibility index (Phi) is 9.07. The minimum atomic E-state index is 0.576. The highest BCUT2D eigenvalue weighted by molar-refractivity contribution is 6.22. The van der Waals surface area contributed by atoms with E-state index in [1.807, 2.05) is 29.1 Å². The SMILES string of the molecule is c1ccc(N(c2ccccc2)c2ccc(-c3nc(-n4c5ccc(-c6ccc7c(c6)c6ccccc6n7-c6ccccc6)cc5c5c6ccccc6ccc54)nc4cnn(-c5ccccc5)c34)cc2)cc1. The van der Waals surface area contributed by atoms with E-state index in [9.17, 15) is 0 Å². The van der Waals surface area contributed by atoms with Crippen LogP contribution in [0.25, 0.3) is 105 Å². The molecule has 0 fully saturated rings. The number of aromatic nitrogens is 6. The summed E-state index contributed by atoms with van der Waals surface area (Å²) >= 11 is 0. The molecule has 0 saturated heterocycles. The van der Waals surface area contributed by atoms with Crippen molar-refractivity contribution >= 4 is 82.5 Å². The highest BCUT2D eigenvalue weighted by Crippen LogP contribution is 2.42. The van der Waals surface area contributed by atoms with E-state index in [4.69, 9.17) is 15.1 Å². The van der Waals surface area contributed by atoms with Crippen LogP contribution < -0.4 is 4.90 Å². The molecule has 0 aliphatic heterocycles. The lowest BCUT2D eigenvalue weighted by Crippen LogP contribution is -2.09. The van der Waals surface area contributed by atoms with Crippen LogP contribution in [-0.4, -0.2) is 28.9 Å². The zero-order valence-electron chi connectivity index (χ0n) is 37.8. The molecule has 4 heterocycles. The topological polar surface area (TPSA) is 56.7 Å². The average Bonchev–Trinajstić information content (AvgIpc) is 4.12. The molecule has 7 heteroatoms. The molecular weight excluding hydrogens is 855 g/mol. The Bertz CT molecular complexity index is 4230. The van der Waals surface area contributed by atoms with Crippen molar-refractivity contribution in [2.45, 2.75) is 0 Å². The average molecular weight is 896 g/mol. The van der Waals surface area contributed by atoms with E-state index < -0.39 is 0 Å². The van der Waals surface area contributed by atoms with Crippen molar-refractivity contribution in [3.63, 3.8) is 0 Å². The number of para-hydroxylation sites is 5. The van der Waals surface area contributed by atoms with Crippen molar-refractivity contribution < 1.29 is 0 Å². The van der Waals surface area contributed by atoms with Gasteiger partial charge in [-0.15, -0.1) is 0 Å². The van der Waals surface area contributed by atoms with Crippen LogP contribution in [0.1, 0.15) is 0 Å². The van der Waals surface area contributed by atoms with Gasteiger partial charge in [0, 0.05) is 49.9 Å². The summed E-state index contributed by atoms with van der Waals surface area (Å²) in [5.41, 5.74) is 15.3. The quantitative estimate of drug-likeness (QED) is 0.152.